The van der Waals surface area contributed by atoms with Crippen LogP contribution in [0.2, 0.25) is 0 Å². The molecule has 0 aromatic heterocycles. The number of hydrogen-bond donors (Lipinski definition) is 1. The zero-order valence-corrected chi connectivity index (χ0v) is 12.7. The van der Waals surface area contributed by atoms with Crippen LogP contribution in [0.5, 0.6) is 5.75 Å². The summed E-state index contributed by atoms with van der Waals surface area (Å²) in [5, 5.41) is -0.238. The number of hydrogen-bond acceptors (Lipinski definition) is 3. The number of benzene rings is 2. The third-order valence-corrected chi connectivity index (χ3v) is 4.57. The quantitative estimate of drug-likeness (QED) is 0.843. The van der Waals surface area contributed by atoms with Gasteiger partial charge in [0.15, 0.2) is 0 Å². The van der Waals surface area contributed by atoms with Gasteiger partial charge in [-0.25, -0.2) is 8.78 Å². The zero-order valence-electron chi connectivity index (χ0n) is 11.8. The fourth-order valence-corrected chi connectivity index (χ4v) is 3.23. The van der Waals surface area contributed by atoms with E-state index in [2.05, 4.69) is 0 Å². The van der Waals surface area contributed by atoms with Crippen LogP contribution in [0.1, 0.15) is 17.7 Å². The zero-order chi connectivity index (χ0) is 15.4. The van der Waals surface area contributed by atoms with Crippen LogP contribution in [-0.4, -0.2) is 13.2 Å². The Bertz CT molecular complexity index is 619. The van der Waals surface area contributed by atoms with Gasteiger partial charge < -0.3 is 10.5 Å². The van der Waals surface area contributed by atoms with E-state index < -0.39 is 11.6 Å². The van der Waals surface area contributed by atoms with Crippen LogP contribution < -0.4 is 10.5 Å². The van der Waals surface area contributed by atoms with Gasteiger partial charge in [-0.15, -0.1) is 11.8 Å². The maximum atomic E-state index is 13.8. The minimum absolute atomic E-state index is 0.238. The fourth-order valence-electron chi connectivity index (χ4n) is 2.06. The molecule has 0 aliphatic carbocycles. The molecule has 0 heterocycles. The first-order valence-corrected chi connectivity index (χ1v) is 7.41. The second-order valence-electron chi connectivity index (χ2n) is 4.71. The highest BCUT2D eigenvalue weighted by Gasteiger charge is 2.22. The van der Waals surface area contributed by atoms with Crippen molar-refractivity contribution in [3.8, 4) is 5.75 Å². The highest BCUT2D eigenvalue weighted by Crippen LogP contribution is 2.41. The molecule has 112 valence electrons. The van der Waals surface area contributed by atoms with Gasteiger partial charge in [0.1, 0.15) is 17.4 Å². The SMILES string of the molecule is COc1ccccc1C(Sc1cc(F)ccc1F)C(C)N. The minimum atomic E-state index is -0.470. The summed E-state index contributed by atoms with van der Waals surface area (Å²) in [6, 6.07) is 10.6. The topological polar surface area (TPSA) is 35.2 Å². The minimum Gasteiger partial charge on any atom is -0.496 e. The molecular weight excluding hydrogens is 292 g/mol. The number of ether oxygens (including phenoxy) is 1. The van der Waals surface area contributed by atoms with Crippen LogP contribution in [-0.2, 0) is 0 Å². The summed E-state index contributed by atoms with van der Waals surface area (Å²) in [5.41, 5.74) is 6.90. The van der Waals surface area contributed by atoms with Gasteiger partial charge in [-0.3, -0.25) is 0 Å². The van der Waals surface area contributed by atoms with E-state index in [0.29, 0.717) is 5.75 Å². The lowest BCUT2D eigenvalue weighted by Gasteiger charge is -2.23. The average Bonchev–Trinajstić information content (AvgIpc) is 2.47. The normalized spacial score (nSPS) is 13.8. The fraction of sp³-hybridized carbons (Fsp3) is 0.250. The van der Waals surface area contributed by atoms with Gasteiger partial charge in [0, 0.05) is 16.5 Å². The number of thioether (sulfide) groups is 1. The Balaban J connectivity index is 2.38. The van der Waals surface area contributed by atoms with E-state index in [4.69, 9.17) is 10.5 Å². The van der Waals surface area contributed by atoms with Gasteiger partial charge in [-0.05, 0) is 31.2 Å². The molecule has 2 atom stereocenters. The molecule has 21 heavy (non-hydrogen) atoms. The monoisotopic (exact) mass is 309 g/mol. The summed E-state index contributed by atoms with van der Waals surface area (Å²) in [4.78, 5) is 0.239. The number of rotatable bonds is 5. The third-order valence-electron chi connectivity index (χ3n) is 3.07. The van der Waals surface area contributed by atoms with Crippen LogP contribution >= 0.6 is 11.8 Å². The van der Waals surface area contributed by atoms with E-state index in [9.17, 15) is 8.78 Å². The number of nitrogens with two attached hydrogens (primary N) is 1. The lowest BCUT2D eigenvalue weighted by Crippen LogP contribution is -2.23. The van der Waals surface area contributed by atoms with Crippen molar-refractivity contribution in [1.82, 2.24) is 0 Å². The smallest absolute Gasteiger partial charge is 0.136 e. The van der Waals surface area contributed by atoms with E-state index in [-0.39, 0.29) is 16.2 Å². The Morgan fingerprint density at radius 2 is 1.86 bits per heavy atom. The van der Waals surface area contributed by atoms with E-state index in [1.807, 2.05) is 31.2 Å². The molecule has 0 saturated carbocycles. The highest BCUT2D eigenvalue weighted by atomic mass is 32.2. The average molecular weight is 309 g/mol. The Kier molecular flexibility index (Phi) is 5.20. The number of methoxy groups -OCH3 is 1. The predicted molar refractivity (Wildman–Crippen MR) is 81.6 cm³/mol. The van der Waals surface area contributed by atoms with Crippen LogP contribution in [0.15, 0.2) is 47.4 Å². The van der Waals surface area contributed by atoms with Gasteiger partial charge in [0.05, 0.1) is 12.4 Å². The van der Waals surface area contributed by atoms with Gasteiger partial charge >= 0.3 is 0 Å². The van der Waals surface area contributed by atoms with E-state index in [1.54, 1.807) is 7.11 Å². The molecule has 2 aromatic carbocycles. The largest absolute Gasteiger partial charge is 0.496 e. The van der Waals surface area contributed by atoms with Gasteiger partial charge in [0.2, 0.25) is 0 Å². The standard InChI is InChI=1S/C16H17F2NOS/c1-10(19)16(12-5-3-4-6-14(12)20-2)21-15-9-11(17)7-8-13(15)18/h3-10,16H,19H2,1-2H3. The Morgan fingerprint density at radius 3 is 2.52 bits per heavy atom. The van der Waals surface area contributed by atoms with Crippen molar-refractivity contribution < 1.29 is 13.5 Å². The second kappa shape index (κ2) is 6.91. The first kappa shape index (κ1) is 15.8. The Morgan fingerprint density at radius 1 is 1.14 bits per heavy atom. The molecule has 5 heteroatoms. The molecular formula is C16H17F2NOS. The summed E-state index contributed by atoms with van der Waals surface area (Å²) >= 11 is 1.20. The van der Waals surface area contributed by atoms with Gasteiger partial charge in [-0.1, -0.05) is 18.2 Å². The summed E-state index contributed by atoms with van der Waals surface area (Å²) in [5.74, 6) is -0.242. The molecule has 0 fully saturated rings. The molecule has 0 saturated heterocycles. The van der Waals surface area contributed by atoms with Crippen molar-refractivity contribution in [2.75, 3.05) is 7.11 Å². The summed E-state index contributed by atoms with van der Waals surface area (Å²) in [7, 11) is 1.57. The highest BCUT2D eigenvalue weighted by molar-refractivity contribution is 7.99. The second-order valence-corrected chi connectivity index (χ2v) is 5.90. The maximum Gasteiger partial charge on any atom is 0.136 e. The lowest BCUT2D eigenvalue weighted by molar-refractivity contribution is 0.408. The molecule has 2 nitrogen and oxygen atoms in total. The molecule has 2 aromatic rings. The molecule has 2 unspecified atom stereocenters. The van der Waals surface area contributed by atoms with Crippen molar-refractivity contribution >= 4 is 11.8 Å². The van der Waals surface area contributed by atoms with Crippen molar-refractivity contribution in [3.05, 3.63) is 59.7 Å². The predicted octanol–water partition coefficient (Wildman–Crippen LogP) is 4.15. The summed E-state index contributed by atoms with van der Waals surface area (Å²) < 4.78 is 32.5. The maximum absolute atomic E-state index is 13.8. The molecule has 0 aliphatic heterocycles. The summed E-state index contributed by atoms with van der Waals surface area (Å²) in [6.45, 7) is 1.83. The molecule has 0 spiro atoms. The van der Waals surface area contributed by atoms with Crippen LogP contribution in [0.3, 0.4) is 0 Å². The van der Waals surface area contributed by atoms with E-state index >= 15 is 0 Å². The van der Waals surface area contributed by atoms with Crippen LogP contribution in [0, 0.1) is 11.6 Å². The van der Waals surface area contributed by atoms with Crippen LogP contribution in [0.25, 0.3) is 0 Å². The van der Waals surface area contributed by atoms with E-state index in [0.717, 1.165) is 17.7 Å². The van der Waals surface area contributed by atoms with Crippen molar-refractivity contribution in [2.24, 2.45) is 5.73 Å². The van der Waals surface area contributed by atoms with Gasteiger partial charge in [-0.2, -0.15) is 0 Å². The van der Waals surface area contributed by atoms with E-state index in [1.165, 1.54) is 17.8 Å². The van der Waals surface area contributed by atoms with Crippen molar-refractivity contribution in [1.29, 1.82) is 0 Å². The third kappa shape index (κ3) is 3.74. The Labute approximate surface area is 127 Å². The Hall–Kier alpha value is -1.59. The van der Waals surface area contributed by atoms with Crippen molar-refractivity contribution in [3.63, 3.8) is 0 Å². The molecule has 2 N–H and O–H groups in total. The molecule has 0 radical (unpaired) electrons. The summed E-state index contributed by atoms with van der Waals surface area (Å²) in [6.07, 6.45) is 0. The number of para-hydroxylation sites is 1. The van der Waals surface area contributed by atoms with Gasteiger partial charge in [0.25, 0.3) is 0 Å². The molecule has 0 bridgehead atoms. The molecule has 2 rings (SSSR count). The first-order valence-electron chi connectivity index (χ1n) is 6.53. The van der Waals surface area contributed by atoms with Crippen molar-refractivity contribution in [2.45, 2.75) is 23.1 Å². The van der Waals surface area contributed by atoms with Crippen LogP contribution in [0.4, 0.5) is 8.78 Å². The first-order chi connectivity index (χ1) is 10.0. The molecule has 0 amide bonds. The number of halogens is 2. The molecule has 0 aliphatic rings. The lowest BCUT2D eigenvalue weighted by atomic mass is 10.1.